The Morgan fingerprint density at radius 3 is 2.82 bits per heavy atom. The first kappa shape index (κ1) is 10.4. The van der Waals surface area contributed by atoms with Gasteiger partial charge in [0.15, 0.2) is 0 Å². The molecule has 0 unspecified atom stereocenters. The van der Waals surface area contributed by atoms with Crippen LogP contribution in [0.25, 0.3) is 11.3 Å². The summed E-state index contributed by atoms with van der Waals surface area (Å²) in [7, 11) is 2.00. The van der Waals surface area contributed by atoms with Crippen molar-refractivity contribution < 1.29 is 0 Å². The van der Waals surface area contributed by atoms with Crippen LogP contribution in [0.1, 0.15) is 17.1 Å². The van der Waals surface area contributed by atoms with Crippen molar-refractivity contribution >= 4 is 0 Å². The average molecular weight is 229 g/mol. The van der Waals surface area contributed by atoms with Gasteiger partial charge >= 0.3 is 0 Å². The highest BCUT2D eigenvalue weighted by Crippen LogP contribution is 2.26. The van der Waals surface area contributed by atoms with E-state index in [-0.39, 0.29) is 0 Å². The van der Waals surface area contributed by atoms with Crippen LogP contribution < -0.4 is 5.32 Å². The van der Waals surface area contributed by atoms with Gasteiger partial charge in [-0.1, -0.05) is 0 Å². The molecule has 0 bridgehead atoms. The van der Waals surface area contributed by atoms with E-state index in [1.807, 2.05) is 31.0 Å². The van der Waals surface area contributed by atoms with Crippen molar-refractivity contribution in [2.24, 2.45) is 7.05 Å². The standard InChI is InChI=1S/C12H15N5/c1-8-14-5-9(6-15-8)12-10-7-13-4-3-11(10)17(2)16-12/h5-6,13H,3-4,7H2,1-2H3. The molecular weight excluding hydrogens is 214 g/mol. The molecule has 88 valence electrons. The number of nitrogens with one attached hydrogen (secondary N) is 1. The summed E-state index contributed by atoms with van der Waals surface area (Å²) >= 11 is 0. The molecular formula is C12H15N5. The zero-order valence-electron chi connectivity index (χ0n) is 10.1. The second kappa shape index (κ2) is 3.92. The third-order valence-electron chi connectivity index (χ3n) is 3.17. The second-order valence-corrected chi connectivity index (χ2v) is 4.34. The minimum Gasteiger partial charge on any atom is -0.312 e. The van der Waals surface area contributed by atoms with E-state index in [4.69, 9.17) is 0 Å². The van der Waals surface area contributed by atoms with E-state index in [2.05, 4.69) is 20.4 Å². The van der Waals surface area contributed by atoms with E-state index in [0.717, 1.165) is 36.6 Å². The topological polar surface area (TPSA) is 55.6 Å². The number of fused-ring (bicyclic) bond motifs is 1. The van der Waals surface area contributed by atoms with Gasteiger partial charge in [-0.2, -0.15) is 5.10 Å². The second-order valence-electron chi connectivity index (χ2n) is 4.34. The monoisotopic (exact) mass is 229 g/mol. The summed E-state index contributed by atoms with van der Waals surface area (Å²) in [5, 5.41) is 7.97. The Kier molecular flexibility index (Phi) is 2.40. The fraction of sp³-hybridized carbons (Fsp3) is 0.417. The minimum absolute atomic E-state index is 0.789. The highest BCUT2D eigenvalue weighted by molar-refractivity contribution is 5.62. The van der Waals surface area contributed by atoms with Gasteiger partial charge in [-0.15, -0.1) is 0 Å². The van der Waals surface area contributed by atoms with Crippen LogP contribution in [0.2, 0.25) is 0 Å². The molecule has 2 aromatic rings. The van der Waals surface area contributed by atoms with Gasteiger partial charge in [0.25, 0.3) is 0 Å². The number of hydrogen-bond acceptors (Lipinski definition) is 4. The van der Waals surface area contributed by atoms with Crippen molar-refractivity contribution in [3.63, 3.8) is 0 Å². The quantitative estimate of drug-likeness (QED) is 0.787. The molecule has 0 saturated heterocycles. The van der Waals surface area contributed by atoms with Crippen LogP contribution in [0.3, 0.4) is 0 Å². The van der Waals surface area contributed by atoms with Crippen LogP contribution in [-0.2, 0) is 20.0 Å². The summed E-state index contributed by atoms with van der Waals surface area (Å²) in [5.74, 6) is 0.789. The first-order valence-corrected chi connectivity index (χ1v) is 5.80. The van der Waals surface area contributed by atoms with Crippen molar-refractivity contribution in [1.29, 1.82) is 0 Å². The molecule has 0 aliphatic carbocycles. The molecule has 3 heterocycles. The summed E-state index contributed by atoms with van der Waals surface area (Å²) in [6.07, 6.45) is 4.73. The molecule has 0 saturated carbocycles. The molecule has 5 nitrogen and oxygen atoms in total. The minimum atomic E-state index is 0.789. The normalized spacial score (nSPS) is 14.7. The average Bonchev–Trinajstić information content (AvgIpc) is 2.69. The van der Waals surface area contributed by atoms with Crippen LogP contribution in [0.15, 0.2) is 12.4 Å². The van der Waals surface area contributed by atoms with Gasteiger partial charge in [-0.25, -0.2) is 9.97 Å². The van der Waals surface area contributed by atoms with Gasteiger partial charge in [-0.05, 0) is 6.92 Å². The molecule has 1 N–H and O–H groups in total. The molecule has 2 aromatic heterocycles. The fourth-order valence-corrected chi connectivity index (χ4v) is 2.27. The van der Waals surface area contributed by atoms with Crippen molar-refractivity contribution in [3.8, 4) is 11.3 Å². The molecule has 1 aliphatic rings. The van der Waals surface area contributed by atoms with E-state index in [0.29, 0.717) is 0 Å². The molecule has 0 spiro atoms. The SMILES string of the molecule is Cc1ncc(-c2nn(C)c3c2CNCC3)cn1. The Labute approximate surface area is 99.9 Å². The number of nitrogens with zero attached hydrogens (tertiary/aromatic N) is 4. The van der Waals surface area contributed by atoms with Gasteiger partial charge in [0, 0.05) is 55.8 Å². The Bertz CT molecular complexity index is 541. The summed E-state index contributed by atoms with van der Waals surface area (Å²) in [5.41, 5.74) is 4.61. The van der Waals surface area contributed by atoms with E-state index in [1.54, 1.807) is 0 Å². The van der Waals surface area contributed by atoms with E-state index >= 15 is 0 Å². The van der Waals surface area contributed by atoms with Crippen LogP contribution in [0.4, 0.5) is 0 Å². The number of rotatable bonds is 1. The molecule has 5 heteroatoms. The maximum absolute atomic E-state index is 4.59. The fourth-order valence-electron chi connectivity index (χ4n) is 2.27. The van der Waals surface area contributed by atoms with Gasteiger partial charge in [0.05, 0.1) is 0 Å². The van der Waals surface area contributed by atoms with Crippen molar-refractivity contribution in [1.82, 2.24) is 25.1 Å². The molecule has 0 radical (unpaired) electrons. The molecule has 0 amide bonds. The highest BCUT2D eigenvalue weighted by Gasteiger charge is 2.20. The van der Waals surface area contributed by atoms with Crippen molar-refractivity contribution in [3.05, 3.63) is 29.5 Å². The first-order chi connectivity index (χ1) is 8.25. The predicted octanol–water partition coefficient (Wildman–Crippen LogP) is 0.831. The summed E-state index contributed by atoms with van der Waals surface area (Å²) in [4.78, 5) is 8.47. The Hall–Kier alpha value is -1.75. The lowest BCUT2D eigenvalue weighted by Crippen LogP contribution is -2.24. The third-order valence-corrected chi connectivity index (χ3v) is 3.17. The lowest BCUT2D eigenvalue weighted by molar-refractivity contribution is 0.604. The number of aromatic nitrogens is 4. The Balaban J connectivity index is 2.11. The van der Waals surface area contributed by atoms with E-state index in [1.165, 1.54) is 11.3 Å². The lowest BCUT2D eigenvalue weighted by Gasteiger charge is -2.14. The molecule has 17 heavy (non-hydrogen) atoms. The molecule has 0 atom stereocenters. The van der Waals surface area contributed by atoms with E-state index in [9.17, 15) is 0 Å². The molecule has 1 aliphatic heterocycles. The third kappa shape index (κ3) is 1.72. The van der Waals surface area contributed by atoms with Gasteiger partial charge in [0.2, 0.25) is 0 Å². The van der Waals surface area contributed by atoms with Crippen molar-refractivity contribution in [2.75, 3.05) is 6.54 Å². The summed E-state index contributed by atoms with van der Waals surface area (Å²) in [6, 6.07) is 0. The van der Waals surface area contributed by atoms with Crippen LogP contribution in [-0.4, -0.2) is 26.3 Å². The maximum Gasteiger partial charge on any atom is 0.125 e. The van der Waals surface area contributed by atoms with Gasteiger partial charge in [-0.3, -0.25) is 4.68 Å². The Morgan fingerprint density at radius 2 is 2.06 bits per heavy atom. The van der Waals surface area contributed by atoms with Crippen LogP contribution >= 0.6 is 0 Å². The predicted molar refractivity (Wildman–Crippen MR) is 64.4 cm³/mol. The van der Waals surface area contributed by atoms with Gasteiger partial charge in [0.1, 0.15) is 11.5 Å². The smallest absolute Gasteiger partial charge is 0.125 e. The summed E-state index contributed by atoms with van der Waals surface area (Å²) < 4.78 is 1.98. The summed E-state index contributed by atoms with van der Waals surface area (Å²) in [6.45, 7) is 3.79. The zero-order chi connectivity index (χ0) is 11.8. The van der Waals surface area contributed by atoms with Crippen molar-refractivity contribution in [2.45, 2.75) is 19.9 Å². The molecule has 0 aromatic carbocycles. The van der Waals surface area contributed by atoms with E-state index < -0.39 is 0 Å². The first-order valence-electron chi connectivity index (χ1n) is 5.80. The maximum atomic E-state index is 4.59. The number of aryl methyl sites for hydroxylation is 2. The van der Waals surface area contributed by atoms with Crippen LogP contribution in [0, 0.1) is 6.92 Å². The Morgan fingerprint density at radius 1 is 1.29 bits per heavy atom. The zero-order valence-corrected chi connectivity index (χ0v) is 10.1. The molecule has 3 rings (SSSR count). The lowest BCUT2D eigenvalue weighted by atomic mass is 10.0. The van der Waals surface area contributed by atoms with Crippen LogP contribution in [0.5, 0.6) is 0 Å². The highest BCUT2D eigenvalue weighted by atomic mass is 15.3. The van der Waals surface area contributed by atoms with Gasteiger partial charge < -0.3 is 5.32 Å². The number of hydrogen-bond donors (Lipinski definition) is 1. The molecule has 0 fully saturated rings. The largest absolute Gasteiger partial charge is 0.312 e.